The number of nitrogens with one attached hydrogen (secondary N) is 1. The topological polar surface area (TPSA) is 77.8 Å². The van der Waals surface area contributed by atoms with E-state index in [4.69, 9.17) is 13.9 Å². The second kappa shape index (κ2) is 10.0. The summed E-state index contributed by atoms with van der Waals surface area (Å²) in [5, 5.41) is 3.24. The summed E-state index contributed by atoms with van der Waals surface area (Å²) < 4.78 is 17.5. The monoisotopic (exact) mass is 443 g/mol. The molecule has 1 atom stereocenters. The number of carbonyl (C=O) groups is 1. The summed E-state index contributed by atoms with van der Waals surface area (Å²) in [5.74, 6) is 0.688. The van der Waals surface area contributed by atoms with Crippen LogP contribution in [0.3, 0.4) is 0 Å². The Hall–Kier alpha value is -4.06. The smallest absolute Gasteiger partial charge is 0.265 e. The molecule has 4 aromatic rings. The summed E-state index contributed by atoms with van der Waals surface area (Å²) >= 11 is 0. The molecule has 1 N–H and O–H groups in total. The number of fused-ring (bicyclic) bond motifs is 1. The molecule has 168 valence electrons. The summed E-state index contributed by atoms with van der Waals surface area (Å²) in [4.78, 5) is 26.3. The molecule has 1 amide bonds. The van der Waals surface area contributed by atoms with Crippen molar-refractivity contribution in [1.29, 1.82) is 0 Å². The highest BCUT2D eigenvalue weighted by Gasteiger charge is 2.25. The molecule has 0 saturated carbocycles. The largest absolute Gasteiger partial charge is 0.494 e. The molecule has 0 radical (unpaired) electrons. The van der Waals surface area contributed by atoms with Gasteiger partial charge in [0.2, 0.25) is 11.2 Å². The quantitative estimate of drug-likeness (QED) is 0.380. The van der Waals surface area contributed by atoms with E-state index in [0.717, 1.165) is 5.75 Å². The maximum absolute atomic E-state index is 13.3. The van der Waals surface area contributed by atoms with E-state index >= 15 is 0 Å². The minimum atomic E-state index is -0.886. The van der Waals surface area contributed by atoms with Crippen LogP contribution in [0, 0.1) is 0 Å². The standard InChI is InChI=1S/C27H25NO5/c1-3-22(27(30)28-19-14-16-20(17-15-19)31-4-2)32-26-24(29)21-12-8-9-13-23(21)33-25(26)18-10-6-5-7-11-18/h5-17,22H,3-4H2,1-2H3,(H,28,30). The minimum Gasteiger partial charge on any atom is -0.494 e. The number of para-hydroxylation sites is 1. The average Bonchev–Trinajstić information content (AvgIpc) is 2.85. The van der Waals surface area contributed by atoms with Gasteiger partial charge in [0.1, 0.15) is 11.3 Å². The normalized spacial score (nSPS) is 11.7. The Balaban J connectivity index is 1.66. The van der Waals surface area contributed by atoms with Crippen LogP contribution in [0.1, 0.15) is 20.3 Å². The molecule has 4 rings (SSSR count). The SMILES string of the molecule is CCOc1ccc(NC(=O)C(CC)Oc2c(-c3ccccc3)oc3ccccc3c2=O)cc1. The van der Waals surface area contributed by atoms with E-state index in [1.807, 2.05) is 44.2 Å². The van der Waals surface area contributed by atoms with Gasteiger partial charge in [-0.05, 0) is 49.7 Å². The molecule has 1 unspecified atom stereocenters. The number of benzene rings is 3. The van der Waals surface area contributed by atoms with Crippen molar-refractivity contribution in [2.24, 2.45) is 0 Å². The van der Waals surface area contributed by atoms with Crippen LogP contribution < -0.4 is 20.2 Å². The molecule has 0 spiro atoms. The first-order valence-electron chi connectivity index (χ1n) is 10.9. The number of hydrogen-bond donors (Lipinski definition) is 1. The third-order valence-corrected chi connectivity index (χ3v) is 5.15. The predicted molar refractivity (Wildman–Crippen MR) is 129 cm³/mol. The molecule has 0 aliphatic carbocycles. The van der Waals surface area contributed by atoms with E-state index in [9.17, 15) is 9.59 Å². The van der Waals surface area contributed by atoms with Gasteiger partial charge >= 0.3 is 0 Å². The fraction of sp³-hybridized carbons (Fsp3) is 0.185. The molecule has 0 saturated heterocycles. The van der Waals surface area contributed by atoms with Gasteiger partial charge in [-0.25, -0.2) is 0 Å². The lowest BCUT2D eigenvalue weighted by molar-refractivity contribution is -0.122. The maximum atomic E-state index is 13.3. The molecule has 6 heteroatoms. The fourth-order valence-electron chi connectivity index (χ4n) is 3.50. The Bertz CT molecular complexity index is 1300. The van der Waals surface area contributed by atoms with E-state index in [-0.39, 0.29) is 17.1 Å². The van der Waals surface area contributed by atoms with Crippen LogP contribution in [0.4, 0.5) is 5.69 Å². The van der Waals surface area contributed by atoms with Crippen LogP contribution >= 0.6 is 0 Å². The van der Waals surface area contributed by atoms with Crippen LogP contribution in [0.25, 0.3) is 22.3 Å². The molecule has 3 aromatic carbocycles. The molecule has 0 aliphatic rings. The lowest BCUT2D eigenvalue weighted by Gasteiger charge is -2.19. The lowest BCUT2D eigenvalue weighted by Crippen LogP contribution is -2.34. The third kappa shape index (κ3) is 4.90. The molecule has 1 heterocycles. The van der Waals surface area contributed by atoms with Crippen molar-refractivity contribution in [3.05, 3.63) is 89.1 Å². The van der Waals surface area contributed by atoms with Crippen molar-refractivity contribution < 1.29 is 18.7 Å². The highest BCUT2D eigenvalue weighted by atomic mass is 16.5. The Morgan fingerprint density at radius 1 is 0.939 bits per heavy atom. The second-order valence-electron chi connectivity index (χ2n) is 7.41. The molecular weight excluding hydrogens is 418 g/mol. The number of amides is 1. The Labute approximate surface area is 191 Å². The summed E-state index contributed by atoms with van der Waals surface area (Å²) in [5.41, 5.74) is 1.44. The second-order valence-corrected chi connectivity index (χ2v) is 7.41. The van der Waals surface area contributed by atoms with Crippen molar-refractivity contribution in [2.45, 2.75) is 26.4 Å². The van der Waals surface area contributed by atoms with Crippen LogP contribution in [0.15, 0.2) is 88.1 Å². The van der Waals surface area contributed by atoms with Crippen molar-refractivity contribution >= 4 is 22.6 Å². The molecule has 33 heavy (non-hydrogen) atoms. The van der Waals surface area contributed by atoms with Crippen LogP contribution in [-0.4, -0.2) is 18.6 Å². The maximum Gasteiger partial charge on any atom is 0.265 e. The summed E-state index contributed by atoms with van der Waals surface area (Å²) in [6, 6.07) is 23.3. The zero-order valence-corrected chi connectivity index (χ0v) is 18.5. The van der Waals surface area contributed by atoms with E-state index < -0.39 is 6.10 Å². The molecular formula is C27H25NO5. The highest BCUT2D eigenvalue weighted by Crippen LogP contribution is 2.31. The minimum absolute atomic E-state index is 0.0218. The Morgan fingerprint density at radius 3 is 2.33 bits per heavy atom. The van der Waals surface area contributed by atoms with Crippen LogP contribution in [0.5, 0.6) is 11.5 Å². The van der Waals surface area contributed by atoms with Gasteiger partial charge in [-0.2, -0.15) is 0 Å². The zero-order valence-electron chi connectivity index (χ0n) is 18.5. The summed E-state index contributed by atoms with van der Waals surface area (Å²) in [6.07, 6.45) is -0.522. The van der Waals surface area contributed by atoms with Crippen LogP contribution in [-0.2, 0) is 4.79 Å². The average molecular weight is 443 g/mol. The van der Waals surface area contributed by atoms with E-state index in [1.165, 1.54) is 0 Å². The first-order valence-corrected chi connectivity index (χ1v) is 10.9. The summed E-state index contributed by atoms with van der Waals surface area (Å²) in [6.45, 7) is 4.30. The highest BCUT2D eigenvalue weighted by molar-refractivity contribution is 5.94. The van der Waals surface area contributed by atoms with Gasteiger partial charge in [-0.3, -0.25) is 9.59 Å². The van der Waals surface area contributed by atoms with Gasteiger partial charge in [0, 0.05) is 11.3 Å². The molecule has 0 aliphatic heterocycles. The zero-order chi connectivity index (χ0) is 23.2. The lowest BCUT2D eigenvalue weighted by atomic mass is 10.1. The third-order valence-electron chi connectivity index (χ3n) is 5.15. The van der Waals surface area contributed by atoms with E-state index in [2.05, 4.69) is 5.32 Å². The van der Waals surface area contributed by atoms with Gasteiger partial charge in [-0.15, -0.1) is 0 Å². The number of anilines is 1. The van der Waals surface area contributed by atoms with Gasteiger partial charge in [-0.1, -0.05) is 49.4 Å². The number of hydrogen-bond acceptors (Lipinski definition) is 5. The predicted octanol–water partition coefficient (Wildman–Crippen LogP) is 5.65. The first kappa shape index (κ1) is 22.1. The molecule has 0 fully saturated rings. The van der Waals surface area contributed by atoms with Gasteiger partial charge in [0.15, 0.2) is 11.9 Å². The number of rotatable bonds is 8. The van der Waals surface area contributed by atoms with E-state index in [0.29, 0.717) is 41.0 Å². The summed E-state index contributed by atoms with van der Waals surface area (Å²) in [7, 11) is 0. The van der Waals surface area contributed by atoms with Gasteiger partial charge in [0.25, 0.3) is 5.91 Å². The van der Waals surface area contributed by atoms with Crippen molar-refractivity contribution in [2.75, 3.05) is 11.9 Å². The van der Waals surface area contributed by atoms with Crippen LogP contribution in [0.2, 0.25) is 0 Å². The van der Waals surface area contributed by atoms with Crippen molar-refractivity contribution in [1.82, 2.24) is 0 Å². The van der Waals surface area contributed by atoms with Crippen molar-refractivity contribution in [3.8, 4) is 22.8 Å². The first-order chi connectivity index (χ1) is 16.1. The van der Waals surface area contributed by atoms with Gasteiger partial charge in [0.05, 0.1) is 12.0 Å². The number of carbonyl (C=O) groups excluding carboxylic acids is 1. The molecule has 1 aromatic heterocycles. The molecule has 0 bridgehead atoms. The number of ether oxygens (including phenoxy) is 2. The molecule has 6 nitrogen and oxygen atoms in total. The Kier molecular flexibility index (Phi) is 6.74. The van der Waals surface area contributed by atoms with E-state index in [1.54, 1.807) is 48.5 Å². The van der Waals surface area contributed by atoms with Gasteiger partial charge < -0.3 is 19.2 Å². The Morgan fingerprint density at radius 2 is 1.64 bits per heavy atom. The van der Waals surface area contributed by atoms with Crippen molar-refractivity contribution in [3.63, 3.8) is 0 Å². The fourth-order valence-corrected chi connectivity index (χ4v) is 3.50.